The van der Waals surface area contributed by atoms with Crippen LogP contribution in [0, 0.1) is 6.92 Å². The first kappa shape index (κ1) is 14.3. The average molecular weight is 327 g/mol. The normalized spacial score (nSPS) is 16.1. The number of benzene rings is 1. The number of likely N-dealkylation sites (tertiary alicyclic amines) is 1. The van der Waals surface area contributed by atoms with E-state index >= 15 is 0 Å². The summed E-state index contributed by atoms with van der Waals surface area (Å²) in [5.74, 6) is 1.35. The first-order valence-corrected chi connectivity index (χ1v) is 8.57. The summed E-state index contributed by atoms with van der Waals surface area (Å²) >= 11 is 1.61. The maximum atomic E-state index is 12.5. The Morgan fingerprint density at radius 2 is 1.91 bits per heavy atom. The minimum absolute atomic E-state index is 0.123. The molecular formula is C16H17N5OS. The molecule has 3 aromatic rings. The number of carbonyl (C=O) groups excluding carboxylic acids is 1. The molecule has 0 unspecified atom stereocenters. The molecule has 0 saturated carbocycles. The molecule has 1 aliphatic rings. The zero-order chi connectivity index (χ0) is 15.8. The summed E-state index contributed by atoms with van der Waals surface area (Å²) in [6.45, 7) is 3.46. The number of rotatable bonds is 2. The zero-order valence-electron chi connectivity index (χ0n) is 12.8. The van der Waals surface area contributed by atoms with Crippen LogP contribution in [0.3, 0.4) is 0 Å². The van der Waals surface area contributed by atoms with E-state index in [0.717, 1.165) is 47.3 Å². The Morgan fingerprint density at radius 3 is 2.61 bits per heavy atom. The van der Waals surface area contributed by atoms with Crippen molar-refractivity contribution in [1.82, 2.24) is 24.7 Å². The number of carbonyl (C=O) groups is 1. The van der Waals surface area contributed by atoms with Gasteiger partial charge in [-0.1, -0.05) is 29.5 Å². The monoisotopic (exact) mass is 327 g/mol. The summed E-state index contributed by atoms with van der Waals surface area (Å²) in [4.78, 5) is 15.3. The van der Waals surface area contributed by atoms with Crippen LogP contribution in [0.2, 0.25) is 0 Å². The number of aryl methyl sites for hydroxylation is 1. The highest BCUT2D eigenvalue weighted by molar-refractivity contribution is 7.16. The summed E-state index contributed by atoms with van der Waals surface area (Å²) in [5, 5.41) is 13.9. The lowest BCUT2D eigenvalue weighted by molar-refractivity contribution is 0.0713. The first-order valence-electron chi connectivity index (χ1n) is 7.75. The van der Waals surface area contributed by atoms with Gasteiger partial charge in [-0.25, -0.2) is 0 Å². The Hall–Kier alpha value is -2.28. The Morgan fingerprint density at radius 1 is 1.17 bits per heavy atom. The predicted molar refractivity (Wildman–Crippen MR) is 87.7 cm³/mol. The second-order valence-corrected chi connectivity index (χ2v) is 6.80. The fraction of sp³-hybridized carbons (Fsp3) is 0.375. The Balaban J connectivity index is 1.45. The molecule has 3 heterocycles. The molecule has 23 heavy (non-hydrogen) atoms. The highest BCUT2D eigenvalue weighted by atomic mass is 32.1. The number of piperidine rings is 1. The van der Waals surface area contributed by atoms with Gasteiger partial charge in [0.1, 0.15) is 5.01 Å². The number of fused-ring (bicyclic) bond motifs is 1. The van der Waals surface area contributed by atoms with Crippen LogP contribution in [0.5, 0.6) is 0 Å². The van der Waals surface area contributed by atoms with E-state index in [1.807, 2.05) is 46.7 Å². The highest BCUT2D eigenvalue weighted by Gasteiger charge is 2.27. The summed E-state index contributed by atoms with van der Waals surface area (Å²) in [7, 11) is 0. The molecule has 2 aromatic heterocycles. The van der Waals surface area contributed by atoms with Gasteiger partial charge in [0.25, 0.3) is 5.91 Å². The molecule has 0 aliphatic carbocycles. The largest absolute Gasteiger partial charge is 0.339 e. The summed E-state index contributed by atoms with van der Waals surface area (Å²) < 4.78 is 1.81. The molecule has 0 N–H and O–H groups in total. The van der Waals surface area contributed by atoms with Crippen molar-refractivity contribution in [2.45, 2.75) is 25.7 Å². The lowest BCUT2D eigenvalue weighted by Gasteiger charge is -2.31. The number of amides is 1. The van der Waals surface area contributed by atoms with Crippen LogP contribution in [0.15, 0.2) is 30.3 Å². The molecule has 118 valence electrons. The molecule has 6 nitrogen and oxygen atoms in total. The summed E-state index contributed by atoms with van der Waals surface area (Å²) in [6.07, 6.45) is 1.89. The number of nitrogens with zero attached hydrogens (tertiary/aromatic N) is 5. The second-order valence-electron chi connectivity index (χ2n) is 5.81. The van der Waals surface area contributed by atoms with E-state index in [1.54, 1.807) is 11.3 Å². The standard InChI is InChI=1S/C16H17N5OS/c1-11-17-18-16-21(11)19-14(23-16)12-7-9-20(10-8-12)15(22)13-5-3-2-4-6-13/h2-6,12H,7-10H2,1H3. The zero-order valence-corrected chi connectivity index (χ0v) is 13.7. The molecule has 0 atom stereocenters. The molecule has 1 fully saturated rings. The fourth-order valence-electron chi connectivity index (χ4n) is 2.99. The van der Waals surface area contributed by atoms with E-state index in [4.69, 9.17) is 0 Å². The van der Waals surface area contributed by atoms with Crippen LogP contribution >= 0.6 is 11.3 Å². The SMILES string of the molecule is Cc1nnc2sc(C3CCN(C(=O)c4ccccc4)CC3)nn12. The molecule has 1 aliphatic heterocycles. The van der Waals surface area contributed by atoms with E-state index in [2.05, 4.69) is 15.3 Å². The van der Waals surface area contributed by atoms with E-state index in [0.29, 0.717) is 5.92 Å². The van der Waals surface area contributed by atoms with Gasteiger partial charge in [-0.3, -0.25) is 4.79 Å². The smallest absolute Gasteiger partial charge is 0.253 e. The van der Waals surface area contributed by atoms with Crippen LogP contribution in [0.25, 0.3) is 4.96 Å². The number of hydrogen-bond acceptors (Lipinski definition) is 5. The topological polar surface area (TPSA) is 63.4 Å². The Kier molecular flexibility index (Phi) is 3.57. The van der Waals surface area contributed by atoms with Gasteiger partial charge in [-0.05, 0) is 31.9 Å². The molecule has 1 saturated heterocycles. The van der Waals surface area contributed by atoms with Gasteiger partial charge in [0.15, 0.2) is 5.82 Å². The van der Waals surface area contributed by atoms with Gasteiger partial charge in [0.05, 0.1) is 0 Å². The van der Waals surface area contributed by atoms with Crippen LogP contribution in [-0.2, 0) is 0 Å². The lowest BCUT2D eigenvalue weighted by Crippen LogP contribution is -2.37. The van der Waals surface area contributed by atoms with Crippen molar-refractivity contribution < 1.29 is 4.79 Å². The summed E-state index contributed by atoms with van der Waals surface area (Å²) in [6, 6.07) is 9.49. The van der Waals surface area contributed by atoms with Gasteiger partial charge < -0.3 is 4.90 Å². The van der Waals surface area contributed by atoms with Crippen molar-refractivity contribution in [3.63, 3.8) is 0 Å². The third-order valence-electron chi connectivity index (χ3n) is 4.31. The molecule has 4 rings (SSSR count). The van der Waals surface area contributed by atoms with Crippen LogP contribution in [0.4, 0.5) is 0 Å². The third kappa shape index (κ3) is 2.61. The molecule has 0 spiro atoms. The lowest BCUT2D eigenvalue weighted by atomic mass is 9.97. The van der Waals surface area contributed by atoms with Crippen molar-refractivity contribution in [3.8, 4) is 0 Å². The molecule has 0 radical (unpaired) electrons. The third-order valence-corrected chi connectivity index (χ3v) is 5.38. The average Bonchev–Trinajstić information content (AvgIpc) is 3.18. The van der Waals surface area contributed by atoms with Crippen molar-refractivity contribution in [2.75, 3.05) is 13.1 Å². The molecule has 0 bridgehead atoms. The van der Waals surface area contributed by atoms with Gasteiger partial charge in [0, 0.05) is 24.6 Å². The van der Waals surface area contributed by atoms with Crippen molar-refractivity contribution >= 4 is 22.2 Å². The van der Waals surface area contributed by atoms with Crippen LogP contribution < -0.4 is 0 Å². The molecule has 7 heteroatoms. The van der Waals surface area contributed by atoms with Gasteiger partial charge in [-0.15, -0.1) is 10.2 Å². The molecular weight excluding hydrogens is 310 g/mol. The Bertz CT molecular complexity index is 833. The highest BCUT2D eigenvalue weighted by Crippen LogP contribution is 2.31. The second kappa shape index (κ2) is 5.73. The minimum atomic E-state index is 0.123. The van der Waals surface area contributed by atoms with Crippen molar-refractivity contribution in [1.29, 1.82) is 0 Å². The van der Waals surface area contributed by atoms with E-state index < -0.39 is 0 Å². The van der Waals surface area contributed by atoms with E-state index in [9.17, 15) is 4.79 Å². The van der Waals surface area contributed by atoms with E-state index in [-0.39, 0.29) is 5.91 Å². The van der Waals surface area contributed by atoms with Gasteiger partial charge >= 0.3 is 0 Å². The first-order chi connectivity index (χ1) is 11.2. The molecule has 1 amide bonds. The van der Waals surface area contributed by atoms with E-state index in [1.165, 1.54) is 0 Å². The minimum Gasteiger partial charge on any atom is -0.339 e. The van der Waals surface area contributed by atoms with Gasteiger partial charge in [-0.2, -0.15) is 9.61 Å². The van der Waals surface area contributed by atoms with Crippen molar-refractivity contribution in [2.24, 2.45) is 0 Å². The number of aromatic nitrogens is 4. The maximum absolute atomic E-state index is 12.5. The Labute approximate surface area is 137 Å². The van der Waals surface area contributed by atoms with Crippen LogP contribution in [0.1, 0.15) is 39.9 Å². The number of hydrogen-bond donors (Lipinski definition) is 0. The predicted octanol–water partition coefficient (Wildman–Crippen LogP) is 2.51. The molecule has 1 aromatic carbocycles. The van der Waals surface area contributed by atoms with Crippen molar-refractivity contribution in [3.05, 3.63) is 46.7 Å². The van der Waals surface area contributed by atoms with Crippen LogP contribution in [-0.4, -0.2) is 43.7 Å². The van der Waals surface area contributed by atoms with Gasteiger partial charge in [0.2, 0.25) is 4.96 Å². The summed E-state index contributed by atoms with van der Waals surface area (Å²) in [5.41, 5.74) is 0.764. The maximum Gasteiger partial charge on any atom is 0.253 e. The quantitative estimate of drug-likeness (QED) is 0.725. The fourth-order valence-corrected chi connectivity index (χ4v) is 4.04.